The molecule has 138 valence electrons. The standard InChI is InChI=1S/C17H36N4O.HI/c1-4-21(5-2)14-12-19-17(18-3)20-13-15-22-16-10-8-6-7-9-11-16;/h16H,4-15H2,1-3H3,(H2,18,19,20);1H. The Labute approximate surface area is 160 Å². The van der Waals surface area contributed by atoms with Gasteiger partial charge in [0.25, 0.3) is 0 Å². The highest BCUT2D eigenvalue weighted by atomic mass is 127. The van der Waals surface area contributed by atoms with Crippen LogP contribution >= 0.6 is 24.0 Å². The minimum atomic E-state index is 0. The summed E-state index contributed by atoms with van der Waals surface area (Å²) in [5.41, 5.74) is 0. The molecule has 0 unspecified atom stereocenters. The Morgan fingerprint density at radius 1 is 1.04 bits per heavy atom. The van der Waals surface area contributed by atoms with Crippen LogP contribution in [-0.2, 0) is 4.74 Å². The van der Waals surface area contributed by atoms with Crippen LogP contribution in [0.3, 0.4) is 0 Å². The summed E-state index contributed by atoms with van der Waals surface area (Å²) in [6, 6.07) is 0. The summed E-state index contributed by atoms with van der Waals surface area (Å²) >= 11 is 0. The zero-order chi connectivity index (χ0) is 16.0. The van der Waals surface area contributed by atoms with Crippen LogP contribution in [0.5, 0.6) is 0 Å². The fourth-order valence-electron chi connectivity index (χ4n) is 2.90. The van der Waals surface area contributed by atoms with Crippen molar-refractivity contribution in [3.05, 3.63) is 0 Å². The normalized spacial score (nSPS) is 16.8. The number of nitrogens with one attached hydrogen (secondary N) is 2. The summed E-state index contributed by atoms with van der Waals surface area (Å²) in [6.07, 6.45) is 8.34. The maximum Gasteiger partial charge on any atom is 0.191 e. The molecule has 0 spiro atoms. The van der Waals surface area contributed by atoms with Gasteiger partial charge in [-0.25, -0.2) is 0 Å². The van der Waals surface area contributed by atoms with Crippen LogP contribution in [-0.4, -0.2) is 63.3 Å². The van der Waals surface area contributed by atoms with Gasteiger partial charge in [-0.05, 0) is 25.9 Å². The second-order valence-corrected chi connectivity index (χ2v) is 5.94. The Bertz CT molecular complexity index is 290. The van der Waals surface area contributed by atoms with E-state index in [1.165, 1.54) is 38.5 Å². The highest BCUT2D eigenvalue weighted by Gasteiger charge is 2.12. The lowest BCUT2D eigenvalue weighted by molar-refractivity contribution is 0.0468. The molecule has 0 aromatic carbocycles. The number of nitrogens with zero attached hydrogens (tertiary/aromatic N) is 2. The number of aliphatic imine (C=N–C) groups is 1. The van der Waals surface area contributed by atoms with E-state index in [2.05, 4.69) is 34.4 Å². The Morgan fingerprint density at radius 2 is 1.65 bits per heavy atom. The van der Waals surface area contributed by atoms with Crippen LogP contribution in [0.25, 0.3) is 0 Å². The van der Waals surface area contributed by atoms with Crippen molar-refractivity contribution >= 4 is 29.9 Å². The van der Waals surface area contributed by atoms with E-state index in [1.807, 2.05) is 7.05 Å². The van der Waals surface area contributed by atoms with Gasteiger partial charge in [0.15, 0.2) is 5.96 Å². The molecule has 1 aliphatic carbocycles. The number of rotatable bonds is 9. The molecule has 23 heavy (non-hydrogen) atoms. The quantitative estimate of drug-likeness (QED) is 0.190. The fourth-order valence-corrected chi connectivity index (χ4v) is 2.90. The second-order valence-electron chi connectivity index (χ2n) is 5.94. The zero-order valence-electron chi connectivity index (χ0n) is 15.3. The molecule has 0 aromatic rings. The van der Waals surface area contributed by atoms with E-state index in [1.54, 1.807) is 0 Å². The summed E-state index contributed by atoms with van der Waals surface area (Å²) in [6.45, 7) is 10.1. The zero-order valence-corrected chi connectivity index (χ0v) is 17.6. The van der Waals surface area contributed by atoms with Gasteiger partial charge in [-0.1, -0.05) is 39.5 Å². The molecule has 2 N–H and O–H groups in total. The number of likely N-dealkylation sites (N-methyl/N-ethyl adjacent to an activating group) is 1. The first kappa shape index (κ1) is 22.9. The molecule has 0 radical (unpaired) electrons. The van der Waals surface area contributed by atoms with E-state index >= 15 is 0 Å². The average Bonchev–Trinajstić information content (AvgIpc) is 2.82. The number of hydrogen-bond acceptors (Lipinski definition) is 3. The molecular formula is C17H37IN4O. The van der Waals surface area contributed by atoms with Crippen molar-refractivity contribution in [2.24, 2.45) is 4.99 Å². The first-order valence-corrected chi connectivity index (χ1v) is 9.08. The van der Waals surface area contributed by atoms with E-state index < -0.39 is 0 Å². The minimum Gasteiger partial charge on any atom is -0.376 e. The van der Waals surface area contributed by atoms with Gasteiger partial charge in [-0.3, -0.25) is 4.99 Å². The first-order valence-electron chi connectivity index (χ1n) is 9.08. The van der Waals surface area contributed by atoms with Crippen molar-refractivity contribution < 1.29 is 4.74 Å². The first-order chi connectivity index (χ1) is 10.8. The smallest absolute Gasteiger partial charge is 0.191 e. The molecule has 0 heterocycles. The molecule has 1 rings (SSSR count). The lowest BCUT2D eigenvalue weighted by atomic mass is 10.1. The Morgan fingerprint density at radius 3 is 2.22 bits per heavy atom. The van der Waals surface area contributed by atoms with Crippen molar-refractivity contribution in [3.8, 4) is 0 Å². The summed E-state index contributed by atoms with van der Waals surface area (Å²) in [7, 11) is 1.82. The average molecular weight is 440 g/mol. The summed E-state index contributed by atoms with van der Waals surface area (Å²) in [5.74, 6) is 0.872. The summed E-state index contributed by atoms with van der Waals surface area (Å²) < 4.78 is 5.98. The van der Waals surface area contributed by atoms with Crippen molar-refractivity contribution in [3.63, 3.8) is 0 Å². The summed E-state index contributed by atoms with van der Waals surface area (Å²) in [4.78, 5) is 6.65. The predicted molar refractivity (Wildman–Crippen MR) is 110 cm³/mol. The van der Waals surface area contributed by atoms with Gasteiger partial charge in [0.05, 0.1) is 12.7 Å². The van der Waals surface area contributed by atoms with Crippen LogP contribution < -0.4 is 10.6 Å². The van der Waals surface area contributed by atoms with Crippen molar-refractivity contribution in [1.82, 2.24) is 15.5 Å². The highest BCUT2D eigenvalue weighted by molar-refractivity contribution is 14.0. The van der Waals surface area contributed by atoms with E-state index in [0.717, 1.165) is 45.3 Å². The van der Waals surface area contributed by atoms with Gasteiger partial charge >= 0.3 is 0 Å². The fraction of sp³-hybridized carbons (Fsp3) is 0.941. The highest BCUT2D eigenvalue weighted by Crippen LogP contribution is 2.19. The van der Waals surface area contributed by atoms with Gasteiger partial charge < -0.3 is 20.3 Å². The molecule has 6 heteroatoms. The van der Waals surface area contributed by atoms with E-state index in [9.17, 15) is 0 Å². The minimum absolute atomic E-state index is 0. The van der Waals surface area contributed by atoms with Crippen LogP contribution in [0.4, 0.5) is 0 Å². The monoisotopic (exact) mass is 440 g/mol. The lowest BCUT2D eigenvalue weighted by Gasteiger charge is -2.20. The van der Waals surface area contributed by atoms with Crippen LogP contribution in [0, 0.1) is 0 Å². The SMILES string of the molecule is CCN(CC)CCNC(=NC)NCCOC1CCCCCC1.I. The molecule has 0 amide bonds. The van der Waals surface area contributed by atoms with Crippen molar-refractivity contribution in [1.29, 1.82) is 0 Å². The Hall–Kier alpha value is -0.0800. The van der Waals surface area contributed by atoms with Gasteiger partial charge in [0.1, 0.15) is 0 Å². The number of halogens is 1. The van der Waals surface area contributed by atoms with Crippen LogP contribution in [0.15, 0.2) is 4.99 Å². The third-order valence-corrected chi connectivity index (χ3v) is 4.39. The predicted octanol–water partition coefficient (Wildman–Crippen LogP) is 2.85. The molecule has 0 saturated heterocycles. The molecule has 0 bridgehead atoms. The Kier molecular flexibility index (Phi) is 15.4. The third-order valence-electron chi connectivity index (χ3n) is 4.39. The van der Waals surface area contributed by atoms with E-state index in [4.69, 9.17) is 4.74 Å². The van der Waals surface area contributed by atoms with Gasteiger partial charge in [-0.15, -0.1) is 24.0 Å². The third kappa shape index (κ3) is 11.2. The number of guanidine groups is 1. The maximum absolute atomic E-state index is 5.98. The molecule has 0 atom stereocenters. The Balaban J connectivity index is 0.00000484. The van der Waals surface area contributed by atoms with Crippen LogP contribution in [0.1, 0.15) is 52.4 Å². The van der Waals surface area contributed by atoms with Gasteiger partial charge in [-0.2, -0.15) is 0 Å². The largest absolute Gasteiger partial charge is 0.376 e. The number of ether oxygens (including phenoxy) is 1. The van der Waals surface area contributed by atoms with Gasteiger partial charge in [0, 0.05) is 26.7 Å². The molecule has 5 nitrogen and oxygen atoms in total. The van der Waals surface area contributed by atoms with Crippen LogP contribution in [0.2, 0.25) is 0 Å². The molecular weight excluding hydrogens is 403 g/mol. The summed E-state index contributed by atoms with van der Waals surface area (Å²) in [5, 5.41) is 6.69. The molecule has 0 aliphatic heterocycles. The topological polar surface area (TPSA) is 48.9 Å². The maximum atomic E-state index is 5.98. The second kappa shape index (κ2) is 15.4. The molecule has 0 aromatic heterocycles. The molecule has 1 saturated carbocycles. The van der Waals surface area contributed by atoms with Gasteiger partial charge in [0.2, 0.25) is 0 Å². The van der Waals surface area contributed by atoms with E-state index in [-0.39, 0.29) is 24.0 Å². The molecule has 1 fully saturated rings. The number of hydrogen-bond donors (Lipinski definition) is 2. The van der Waals surface area contributed by atoms with Crippen molar-refractivity contribution in [2.75, 3.05) is 46.4 Å². The molecule has 1 aliphatic rings. The van der Waals surface area contributed by atoms with E-state index in [0.29, 0.717) is 6.10 Å². The lowest BCUT2D eigenvalue weighted by Crippen LogP contribution is -2.42. The van der Waals surface area contributed by atoms with Crippen molar-refractivity contribution in [2.45, 2.75) is 58.5 Å².